The lowest BCUT2D eigenvalue weighted by Gasteiger charge is -2.30. The predicted octanol–water partition coefficient (Wildman–Crippen LogP) is 3.27. The number of carbonyl (C=O) groups is 2. The molecule has 25 heavy (non-hydrogen) atoms. The molecule has 1 aromatic carbocycles. The van der Waals surface area contributed by atoms with Gasteiger partial charge in [0, 0.05) is 12.1 Å². The van der Waals surface area contributed by atoms with Crippen LogP contribution in [0.1, 0.15) is 62.4 Å². The van der Waals surface area contributed by atoms with Crippen molar-refractivity contribution in [1.82, 2.24) is 10.6 Å². The van der Waals surface area contributed by atoms with E-state index in [-0.39, 0.29) is 23.7 Å². The molecule has 0 aliphatic heterocycles. The van der Waals surface area contributed by atoms with Crippen LogP contribution in [0.15, 0.2) is 18.2 Å². The van der Waals surface area contributed by atoms with Crippen LogP contribution in [0, 0.1) is 6.92 Å². The smallest absolute Gasteiger partial charge is 0.407 e. The Bertz CT molecular complexity index is 629. The van der Waals surface area contributed by atoms with E-state index < -0.39 is 11.7 Å². The lowest BCUT2D eigenvalue weighted by atomic mass is 9.91. The Balaban J connectivity index is 1.81. The van der Waals surface area contributed by atoms with E-state index >= 15 is 0 Å². The number of nitrogens with one attached hydrogen (secondary N) is 2. The average molecular weight is 348 g/mol. The molecule has 6 nitrogen and oxygen atoms in total. The van der Waals surface area contributed by atoms with Crippen molar-refractivity contribution in [3.63, 3.8) is 0 Å². The van der Waals surface area contributed by atoms with E-state index in [0.29, 0.717) is 5.56 Å². The summed E-state index contributed by atoms with van der Waals surface area (Å²) in [5.74, 6) is -0.270. The normalized spacial score (nSPS) is 20.6. The maximum Gasteiger partial charge on any atom is 0.407 e. The first-order valence-electron chi connectivity index (χ1n) is 8.74. The van der Waals surface area contributed by atoms with E-state index in [9.17, 15) is 14.7 Å². The van der Waals surface area contributed by atoms with Crippen LogP contribution < -0.4 is 10.6 Å². The Kier molecular flexibility index (Phi) is 5.93. The Morgan fingerprint density at radius 2 is 1.64 bits per heavy atom. The molecule has 0 saturated heterocycles. The van der Waals surface area contributed by atoms with Gasteiger partial charge in [0.1, 0.15) is 11.4 Å². The number of ether oxygens (including phenoxy) is 1. The lowest BCUT2D eigenvalue weighted by molar-refractivity contribution is 0.0488. The van der Waals surface area contributed by atoms with Gasteiger partial charge in [-0.2, -0.15) is 0 Å². The first-order valence-corrected chi connectivity index (χ1v) is 8.74. The maximum absolute atomic E-state index is 12.3. The molecule has 2 amide bonds. The monoisotopic (exact) mass is 348 g/mol. The van der Waals surface area contributed by atoms with Gasteiger partial charge >= 0.3 is 6.09 Å². The number of aromatic hydroxyl groups is 1. The van der Waals surface area contributed by atoms with Crippen molar-refractivity contribution in [3.8, 4) is 5.75 Å². The van der Waals surface area contributed by atoms with Gasteiger partial charge in [0.25, 0.3) is 5.91 Å². The number of carbonyl (C=O) groups excluding carboxylic acids is 2. The van der Waals surface area contributed by atoms with Crippen LogP contribution in [0.3, 0.4) is 0 Å². The maximum atomic E-state index is 12.3. The number of phenols is 1. The van der Waals surface area contributed by atoms with Gasteiger partial charge in [-0.1, -0.05) is 11.6 Å². The Labute approximate surface area is 149 Å². The zero-order valence-corrected chi connectivity index (χ0v) is 15.4. The Hall–Kier alpha value is -2.24. The number of rotatable bonds is 3. The third kappa shape index (κ3) is 5.96. The second-order valence-corrected chi connectivity index (χ2v) is 7.69. The number of benzene rings is 1. The van der Waals surface area contributed by atoms with Crippen molar-refractivity contribution in [1.29, 1.82) is 0 Å². The molecule has 0 spiro atoms. The summed E-state index contributed by atoms with van der Waals surface area (Å²) in [7, 11) is 0. The summed E-state index contributed by atoms with van der Waals surface area (Å²) in [5, 5.41) is 15.7. The van der Waals surface area contributed by atoms with Crippen LogP contribution in [-0.4, -0.2) is 34.8 Å². The second-order valence-electron chi connectivity index (χ2n) is 7.69. The van der Waals surface area contributed by atoms with Gasteiger partial charge in [0.05, 0.1) is 5.56 Å². The average Bonchev–Trinajstić information content (AvgIpc) is 2.49. The van der Waals surface area contributed by atoms with Gasteiger partial charge in [-0.25, -0.2) is 4.79 Å². The van der Waals surface area contributed by atoms with E-state index in [1.54, 1.807) is 12.1 Å². The molecule has 0 bridgehead atoms. The molecule has 1 fully saturated rings. The molecule has 3 N–H and O–H groups in total. The highest BCUT2D eigenvalue weighted by atomic mass is 16.6. The van der Waals surface area contributed by atoms with Crippen LogP contribution in [0.2, 0.25) is 0 Å². The SMILES string of the molecule is Cc1ccc(O)c(C(=O)NC2CCC(NC(=O)OC(C)(C)C)CC2)c1. The van der Waals surface area contributed by atoms with Crippen molar-refractivity contribution in [2.45, 2.75) is 71.1 Å². The largest absolute Gasteiger partial charge is 0.507 e. The van der Waals surface area contributed by atoms with Crippen molar-refractivity contribution in [3.05, 3.63) is 29.3 Å². The van der Waals surface area contributed by atoms with Crippen LogP contribution >= 0.6 is 0 Å². The molecule has 0 heterocycles. The molecule has 1 aromatic rings. The minimum atomic E-state index is -0.509. The molecule has 0 aromatic heterocycles. The third-order valence-electron chi connectivity index (χ3n) is 4.18. The second kappa shape index (κ2) is 7.76. The van der Waals surface area contributed by atoms with Crippen LogP contribution in [0.5, 0.6) is 5.75 Å². The van der Waals surface area contributed by atoms with E-state index in [1.165, 1.54) is 6.07 Å². The van der Waals surface area contributed by atoms with Gasteiger partial charge in [-0.15, -0.1) is 0 Å². The number of hydrogen-bond acceptors (Lipinski definition) is 4. The molecule has 2 rings (SSSR count). The number of amides is 2. The van der Waals surface area contributed by atoms with Gasteiger partial charge in [-0.3, -0.25) is 4.79 Å². The molecular weight excluding hydrogens is 320 g/mol. The van der Waals surface area contributed by atoms with Crippen LogP contribution in [0.25, 0.3) is 0 Å². The molecule has 0 unspecified atom stereocenters. The Morgan fingerprint density at radius 3 is 2.20 bits per heavy atom. The fraction of sp³-hybridized carbons (Fsp3) is 0.579. The topological polar surface area (TPSA) is 87.7 Å². The summed E-state index contributed by atoms with van der Waals surface area (Å²) < 4.78 is 5.27. The van der Waals surface area contributed by atoms with Crippen molar-refractivity contribution in [2.75, 3.05) is 0 Å². The zero-order valence-electron chi connectivity index (χ0n) is 15.4. The van der Waals surface area contributed by atoms with Crippen molar-refractivity contribution < 1.29 is 19.4 Å². The quantitative estimate of drug-likeness (QED) is 0.782. The number of hydrogen-bond donors (Lipinski definition) is 3. The van der Waals surface area contributed by atoms with Crippen molar-refractivity contribution >= 4 is 12.0 Å². The standard InChI is InChI=1S/C19H28N2O4/c1-12-5-10-16(22)15(11-12)17(23)20-13-6-8-14(9-7-13)21-18(24)25-19(2,3)4/h5,10-11,13-14,22H,6-9H2,1-4H3,(H,20,23)(H,21,24). The minimum Gasteiger partial charge on any atom is -0.507 e. The summed E-state index contributed by atoms with van der Waals surface area (Å²) in [5.41, 5.74) is 0.715. The fourth-order valence-corrected chi connectivity index (χ4v) is 2.95. The van der Waals surface area contributed by atoms with Crippen molar-refractivity contribution in [2.24, 2.45) is 0 Å². The summed E-state index contributed by atoms with van der Waals surface area (Å²) in [6.07, 6.45) is 2.72. The number of phenolic OH excluding ortho intramolecular Hbond substituents is 1. The molecule has 0 atom stereocenters. The van der Waals surface area contributed by atoms with E-state index in [2.05, 4.69) is 10.6 Å². The first kappa shape index (κ1) is 19.1. The Morgan fingerprint density at radius 1 is 1.08 bits per heavy atom. The lowest BCUT2D eigenvalue weighted by Crippen LogP contribution is -2.45. The van der Waals surface area contributed by atoms with Crippen LogP contribution in [0.4, 0.5) is 4.79 Å². The molecule has 0 radical (unpaired) electrons. The highest BCUT2D eigenvalue weighted by Crippen LogP contribution is 2.22. The van der Waals surface area contributed by atoms with Gasteiger partial charge in [0.15, 0.2) is 0 Å². The van der Waals surface area contributed by atoms with Gasteiger partial charge < -0.3 is 20.5 Å². The number of alkyl carbamates (subject to hydrolysis) is 1. The molecule has 138 valence electrons. The summed E-state index contributed by atoms with van der Waals surface area (Å²) in [4.78, 5) is 24.2. The third-order valence-corrected chi connectivity index (χ3v) is 4.18. The van der Waals surface area contributed by atoms with Crippen LogP contribution in [-0.2, 0) is 4.74 Å². The molecule has 1 saturated carbocycles. The van der Waals surface area contributed by atoms with Gasteiger partial charge in [0.2, 0.25) is 0 Å². The van der Waals surface area contributed by atoms with Gasteiger partial charge in [-0.05, 0) is 65.5 Å². The highest BCUT2D eigenvalue weighted by Gasteiger charge is 2.26. The molecular formula is C19H28N2O4. The predicted molar refractivity (Wildman–Crippen MR) is 95.7 cm³/mol. The van der Waals surface area contributed by atoms with E-state index in [1.807, 2.05) is 27.7 Å². The minimum absolute atomic E-state index is 0.0108. The highest BCUT2D eigenvalue weighted by molar-refractivity contribution is 5.97. The first-order chi connectivity index (χ1) is 11.6. The number of aryl methyl sites for hydroxylation is 1. The molecule has 6 heteroatoms. The molecule has 1 aliphatic carbocycles. The van der Waals surface area contributed by atoms with E-state index in [0.717, 1.165) is 31.2 Å². The zero-order chi connectivity index (χ0) is 18.6. The summed E-state index contributed by atoms with van der Waals surface area (Å²) >= 11 is 0. The summed E-state index contributed by atoms with van der Waals surface area (Å²) in [6, 6.07) is 5.09. The molecule has 1 aliphatic rings. The fourth-order valence-electron chi connectivity index (χ4n) is 2.95. The summed E-state index contributed by atoms with van der Waals surface area (Å²) in [6.45, 7) is 7.38. The van der Waals surface area contributed by atoms with E-state index in [4.69, 9.17) is 4.74 Å².